The van der Waals surface area contributed by atoms with Gasteiger partial charge in [0.2, 0.25) is 11.7 Å². The van der Waals surface area contributed by atoms with E-state index in [0.29, 0.717) is 27.8 Å². The van der Waals surface area contributed by atoms with Crippen LogP contribution < -0.4 is 14.8 Å². The van der Waals surface area contributed by atoms with Crippen LogP contribution in [0.5, 0.6) is 11.6 Å². The number of nitrogens with zero attached hydrogens (tertiary/aromatic N) is 3. The highest BCUT2D eigenvalue weighted by Crippen LogP contribution is 2.33. The smallest absolute Gasteiger partial charge is 0.257 e. The third-order valence-corrected chi connectivity index (χ3v) is 6.22. The number of hydrogen-bond donors (Lipinski definition) is 1. The minimum Gasteiger partial charge on any atom is -0.497 e. The average molecular weight is 513 g/mol. The monoisotopic (exact) mass is 512 g/mol. The zero-order valence-corrected chi connectivity index (χ0v) is 20.4. The molecule has 0 atom stereocenters. The molecule has 0 fully saturated rings. The van der Waals surface area contributed by atoms with Gasteiger partial charge in [0.05, 0.1) is 13.4 Å². The molecule has 0 radical (unpaired) electrons. The van der Waals surface area contributed by atoms with E-state index in [4.69, 9.17) is 13.9 Å². The van der Waals surface area contributed by atoms with Gasteiger partial charge in [-0.05, 0) is 48.0 Å². The van der Waals surface area contributed by atoms with Crippen molar-refractivity contribution in [3.05, 3.63) is 107 Å². The van der Waals surface area contributed by atoms with Gasteiger partial charge < -0.3 is 13.9 Å². The standard InChI is InChI=1S/C27H20N4O5S/c1-34-19-9-7-17(8-10-19)16-36-22-15-18(11-13-29-22)26(33)31-27-30-23(21-6-4-14-35-21)25(37-27)24(32)20-5-2-3-12-28-20/h2-15H,16H2,1H3,(H,30,31,33). The van der Waals surface area contributed by atoms with Gasteiger partial charge in [-0.15, -0.1) is 0 Å². The Kier molecular flexibility index (Phi) is 7.00. The highest BCUT2D eigenvalue weighted by Gasteiger charge is 2.24. The zero-order chi connectivity index (χ0) is 25.6. The predicted octanol–water partition coefficient (Wildman–Crippen LogP) is 5.26. The third kappa shape index (κ3) is 5.54. The Labute approximate surface area is 215 Å². The number of thiazole rings is 1. The van der Waals surface area contributed by atoms with Gasteiger partial charge in [-0.1, -0.05) is 29.5 Å². The minimum atomic E-state index is -0.423. The maximum absolute atomic E-state index is 13.1. The maximum atomic E-state index is 13.1. The first kappa shape index (κ1) is 23.9. The van der Waals surface area contributed by atoms with Gasteiger partial charge in [0.25, 0.3) is 5.91 Å². The first-order valence-electron chi connectivity index (χ1n) is 11.1. The summed E-state index contributed by atoms with van der Waals surface area (Å²) in [6, 6.07) is 19.0. The number of methoxy groups -OCH3 is 1. The lowest BCUT2D eigenvalue weighted by molar-refractivity contribution is 0.102. The van der Waals surface area contributed by atoms with Crippen molar-refractivity contribution in [2.75, 3.05) is 12.4 Å². The Morgan fingerprint density at radius 1 is 1.00 bits per heavy atom. The number of carbonyl (C=O) groups excluding carboxylic acids is 2. The summed E-state index contributed by atoms with van der Waals surface area (Å²) < 4.78 is 16.4. The maximum Gasteiger partial charge on any atom is 0.257 e. The predicted molar refractivity (Wildman–Crippen MR) is 137 cm³/mol. The molecule has 0 spiro atoms. The quantitative estimate of drug-likeness (QED) is 0.266. The van der Waals surface area contributed by atoms with Crippen LogP contribution >= 0.6 is 11.3 Å². The number of ketones is 1. The Bertz CT molecular complexity index is 1520. The molecule has 10 heteroatoms. The van der Waals surface area contributed by atoms with Gasteiger partial charge in [-0.2, -0.15) is 0 Å². The molecule has 0 unspecified atom stereocenters. The van der Waals surface area contributed by atoms with Crippen molar-refractivity contribution in [3.8, 4) is 23.1 Å². The number of ether oxygens (including phenoxy) is 2. The van der Waals surface area contributed by atoms with Gasteiger partial charge in [0, 0.05) is 24.0 Å². The highest BCUT2D eigenvalue weighted by atomic mass is 32.1. The average Bonchev–Trinajstić information content (AvgIpc) is 3.63. The summed E-state index contributed by atoms with van der Waals surface area (Å²) in [6.07, 6.45) is 4.53. The fourth-order valence-electron chi connectivity index (χ4n) is 3.40. The number of amides is 1. The van der Waals surface area contributed by atoms with E-state index in [2.05, 4.69) is 20.3 Å². The number of hydrogen-bond acceptors (Lipinski definition) is 9. The Hall–Kier alpha value is -4.83. The van der Waals surface area contributed by atoms with Gasteiger partial charge in [-0.25, -0.2) is 9.97 Å². The fourth-order valence-corrected chi connectivity index (χ4v) is 4.31. The van der Waals surface area contributed by atoms with Gasteiger partial charge in [0.1, 0.15) is 28.6 Å². The molecular formula is C27H20N4O5S. The van der Waals surface area contributed by atoms with E-state index in [-0.39, 0.29) is 23.2 Å². The van der Waals surface area contributed by atoms with Crippen LogP contribution in [0, 0.1) is 0 Å². The second-order valence-electron chi connectivity index (χ2n) is 7.69. The second kappa shape index (κ2) is 10.8. The molecular weight excluding hydrogens is 492 g/mol. The van der Waals surface area contributed by atoms with Crippen molar-refractivity contribution >= 4 is 28.2 Å². The van der Waals surface area contributed by atoms with Crippen molar-refractivity contribution in [1.82, 2.24) is 15.0 Å². The van der Waals surface area contributed by atoms with Crippen molar-refractivity contribution in [2.45, 2.75) is 6.61 Å². The highest BCUT2D eigenvalue weighted by molar-refractivity contribution is 7.18. The van der Waals surface area contributed by atoms with E-state index in [9.17, 15) is 9.59 Å². The number of benzene rings is 1. The van der Waals surface area contributed by atoms with E-state index >= 15 is 0 Å². The molecule has 0 aliphatic rings. The lowest BCUT2D eigenvalue weighted by Gasteiger charge is -2.08. The summed E-state index contributed by atoms with van der Waals surface area (Å²) >= 11 is 1.05. The molecule has 5 rings (SSSR count). The summed E-state index contributed by atoms with van der Waals surface area (Å²) in [5, 5.41) is 3.00. The molecule has 37 heavy (non-hydrogen) atoms. The first-order valence-corrected chi connectivity index (χ1v) is 12.0. The van der Waals surface area contributed by atoms with Gasteiger partial charge in [-0.3, -0.25) is 19.9 Å². The normalized spacial score (nSPS) is 10.6. The number of rotatable bonds is 9. The first-order chi connectivity index (χ1) is 18.1. The van der Waals surface area contributed by atoms with Gasteiger partial charge >= 0.3 is 0 Å². The minimum absolute atomic E-state index is 0.244. The van der Waals surface area contributed by atoms with Crippen molar-refractivity contribution in [3.63, 3.8) is 0 Å². The Balaban J connectivity index is 1.33. The van der Waals surface area contributed by atoms with Crippen LogP contribution in [-0.2, 0) is 6.61 Å². The number of pyridine rings is 2. The molecule has 9 nitrogen and oxygen atoms in total. The summed E-state index contributed by atoms with van der Waals surface area (Å²) in [5.74, 6) is 0.721. The molecule has 184 valence electrons. The van der Waals surface area contributed by atoms with Crippen LogP contribution in [0.15, 0.2) is 89.8 Å². The zero-order valence-electron chi connectivity index (χ0n) is 19.6. The van der Waals surface area contributed by atoms with Crippen LogP contribution in [0.1, 0.15) is 31.3 Å². The number of carbonyl (C=O) groups is 2. The molecule has 0 aliphatic heterocycles. The summed E-state index contributed by atoms with van der Waals surface area (Å²) in [7, 11) is 1.61. The van der Waals surface area contributed by atoms with Crippen molar-refractivity contribution in [2.24, 2.45) is 0 Å². The fraction of sp³-hybridized carbons (Fsp3) is 0.0741. The molecule has 1 amide bonds. The largest absolute Gasteiger partial charge is 0.497 e. The molecule has 4 aromatic heterocycles. The molecule has 0 aliphatic carbocycles. The lowest BCUT2D eigenvalue weighted by atomic mass is 10.1. The summed E-state index contributed by atoms with van der Waals surface area (Å²) in [4.78, 5) is 39.2. The Morgan fingerprint density at radius 2 is 1.86 bits per heavy atom. The molecule has 5 aromatic rings. The van der Waals surface area contributed by atoms with Crippen LogP contribution in [0.3, 0.4) is 0 Å². The van der Waals surface area contributed by atoms with E-state index in [1.807, 2.05) is 24.3 Å². The van der Waals surface area contributed by atoms with Crippen LogP contribution in [0.25, 0.3) is 11.5 Å². The SMILES string of the molecule is COc1ccc(COc2cc(C(=O)Nc3nc(-c4ccco4)c(C(=O)c4ccccn4)s3)ccn2)cc1. The van der Waals surface area contributed by atoms with E-state index in [0.717, 1.165) is 22.6 Å². The topological polar surface area (TPSA) is 116 Å². The molecule has 1 N–H and O–H groups in total. The van der Waals surface area contributed by atoms with E-state index < -0.39 is 5.91 Å². The Morgan fingerprint density at radius 3 is 2.59 bits per heavy atom. The summed E-state index contributed by atoms with van der Waals surface area (Å²) in [6.45, 7) is 0.278. The van der Waals surface area contributed by atoms with Crippen LogP contribution in [0.2, 0.25) is 0 Å². The van der Waals surface area contributed by atoms with E-state index in [1.165, 1.54) is 12.5 Å². The van der Waals surface area contributed by atoms with Crippen molar-refractivity contribution in [1.29, 1.82) is 0 Å². The number of nitrogens with one attached hydrogen (secondary N) is 1. The third-order valence-electron chi connectivity index (χ3n) is 5.25. The second-order valence-corrected chi connectivity index (χ2v) is 8.69. The number of anilines is 1. The number of aromatic nitrogens is 3. The van der Waals surface area contributed by atoms with Gasteiger partial charge in [0.15, 0.2) is 10.9 Å². The molecule has 0 saturated carbocycles. The summed E-state index contributed by atoms with van der Waals surface area (Å²) in [5.41, 5.74) is 1.85. The number of furan rings is 1. The van der Waals surface area contributed by atoms with E-state index in [1.54, 1.807) is 55.8 Å². The molecule has 1 aromatic carbocycles. The lowest BCUT2D eigenvalue weighted by Crippen LogP contribution is -2.12. The van der Waals surface area contributed by atoms with Crippen LogP contribution in [0.4, 0.5) is 5.13 Å². The molecule has 4 heterocycles. The van der Waals surface area contributed by atoms with Crippen molar-refractivity contribution < 1.29 is 23.5 Å². The molecule has 0 saturated heterocycles. The van der Waals surface area contributed by atoms with Crippen LogP contribution in [-0.4, -0.2) is 33.8 Å². The molecule has 0 bridgehead atoms.